The molecule has 0 aliphatic heterocycles. The van der Waals surface area contributed by atoms with Gasteiger partial charge in [-0.2, -0.15) is 0 Å². The topological polar surface area (TPSA) is 55.1 Å². The first-order valence-corrected chi connectivity index (χ1v) is 6.31. The van der Waals surface area contributed by atoms with Gasteiger partial charge < -0.3 is 11.1 Å². The molecule has 0 aromatic heterocycles. The largest absolute Gasteiger partial charge is 0.382 e. The van der Waals surface area contributed by atoms with Gasteiger partial charge in [0.15, 0.2) is 0 Å². The van der Waals surface area contributed by atoms with Gasteiger partial charge in [0.25, 0.3) is 0 Å². The maximum absolute atomic E-state index is 11.1. The molecule has 3 nitrogen and oxygen atoms in total. The average Bonchev–Trinajstić information content (AvgIpc) is 2.32. The summed E-state index contributed by atoms with van der Waals surface area (Å²) in [4.78, 5) is 11.1. The molecular formula is C14H20N2O. The Morgan fingerprint density at radius 2 is 2.00 bits per heavy atom. The predicted octanol–water partition coefficient (Wildman–Crippen LogP) is 2.78. The molecule has 3 N–H and O–H groups in total. The molecule has 0 atom stereocenters. The number of carbonyl (C=O) groups is 1. The lowest BCUT2D eigenvalue weighted by Gasteiger charge is -2.27. The van der Waals surface area contributed by atoms with Crippen LogP contribution in [0.1, 0.15) is 43.0 Å². The number of amides is 1. The molecule has 1 saturated carbocycles. The Hall–Kier alpha value is -1.51. The molecule has 3 heteroatoms. The van der Waals surface area contributed by atoms with Crippen LogP contribution in [0.4, 0.5) is 5.69 Å². The van der Waals surface area contributed by atoms with Gasteiger partial charge in [0.2, 0.25) is 5.91 Å². The van der Waals surface area contributed by atoms with Gasteiger partial charge >= 0.3 is 0 Å². The SMILES string of the molecule is CC1CCC(Nc2cccc(C(N)=O)c2)CC1. The summed E-state index contributed by atoms with van der Waals surface area (Å²) < 4.78 is 0. The lowest BCUT2D eigenvalue weighted by Crippen LogP contribution is -2.25. The van der Waals surface area contributed by atoms with Gasteiger partial charge in [-0.15, -0.1) is 0 Å². The van der Waals surface area contributed by atoms with E-state index in [0.29, 0.717) is 11.6 Å². The number of hydrogen-bond donors (Lipinski definition) is 2. The first-order chi connectivity index (χ1) is 8.15. The van der Waals surface area contributed by atoms with E-state index >= 15 is 0 Å². The van der Waals surface area contributed by atoms with Crippen molar-refractivity contribution in [2.24, 2.45) is 11.7 Å². The number of anilines is 1. The summed E-state index contributed by atoms with van der Waals surface area (Å²) in [6.45, 7) is 2.31. The smallest absolute Gasteiger partial charge is 0.248 e. The van der Waals surface area contributed by atoms with Gasteiger partial charge in [0.05, 0.1) is 0 Å². The van der Waals surface area contributed by atoms with Crippen molar-refractivity contribution in [3.05, 3.63) is 29.8 Å². The predicted molar refractivity (Wildman–Crippen MR) is 70.0 cm³/mol. The molecule has 92 valence electrons. The fourth-order valence-corrected chi connectivity index (χ4v) is 2.40. The summed E-state index contributed by atoms with van der Waals surface area (Å²) >= 11 is 0. The monoisotopic (exact) mass is 232 g/mol. The molecule has 0 radical (unpaired) electrons. The summed E-state index contributed by atoms with van der Waals surface area (Å²) in [7, 11) is 0. The summed E-state index contributed by atoms with van der Waals surface area (Å²) in [5.41, 5.74) is 6.84. The second-order valence-electron chi connectivity index (χ2n) is 5.05. The number of nitrogens with two attached hydrogens (primary N) is 1. The molecule has 0 bridgehead atoms. The zero-order chi connectivity index (χ0) is 12.3. The Kier molecular flexibility index (Phi) is 3.67. The van der Waals surface area contributed by atoms with Gasteiger partial charge in [-0.3, -0.25) is 4.79 Å². The molecule has 0 heterocycles. The Labute approximate surface area is 102 Å². The highest BCUT2D eigenvalue weighted by molar-refractivity contribution is 5.93. The summed E-state index contributed by atoms with van der Waals surface area (Å²) in [5, 5.41) is 3.49. The van der Waals surface area contributed by atoms with Crippen molar-refractivity contribution in [3.8, 4) is 0 Å². The van der Waals surface area contributed by atoms with Crippen molar-refractivity contribution in [1.82, 2.24) is 0 Å². The van der Waals surface area contributed by atoms with Crippen molar-refractivity contribution in [2.75, 3.05) is 5.32 Å². The number of hydrogen-bond acceptors (Lipinski definition) is 2. The second kappa shape index (κ2) is 5.21. The third kappa shape index (κ3) is 3.22. The Morgan fingerprint density at radius 1 is 1.29 bits per heavy atom. The third-order valence-electron chi connectivity index (χ3n) is 3.53. The lowest BCUT2D eigenvalue weighted by atomic mass is 9.87. The maximum atomic E-state index is 11.1. The fourth-order valence-electron chi connectivity index (χ4n) is 2.40. The van der Waals surface area contributed by atoms with Gasteiger partial charge in [-0.05, 0) is 49.8 Å². The highest BCUT2D eigenvalue weighted by Gasteiger charge is 2.17. The molecule has 0 saturated heterocycles. The minimum atomic E-state index is -0.370. The standard InChI is InChI=1S/C14H20N2O/c1-10-5-7-12(8-6-10)16-13-4-2-3-11(9-13)14(15)17/h2-4,9-10,12,16H,5-8H2,1H3,(H2,15,17). The zero-order valence-electron chi connectivity index (χ0n) is 10.3. The van der Waals surface area contributed by atoms with E-state index in [1.54, 1.807) is 6.07 Å². The van der Waals surface area contributed by atoms with Crippen LogP contribution in [0.5, 0.6) is 0 Å². The van der Waals surface area contributed by atoms with Crippen molar-refractivity contribution < 1.29 is 4.79 Å². The van der Waals surface area contributed by atoms with Crippen LogP contribution < -0.4 is 11.1 Å². The second-order valence-corrected chi connectivity index (χ2v) is 5.05. The molecular weight excluding hydrogens is 212 g/mol. The van der Waals surface area contributed by atoms with Crippen molar-refractivity contribution in [2.45, 2.75) is 38.6 Å². The van der Waals surface area contributed by atoms with Crippen LogP contribution in [0.25, 0.3) is 0 Å². The molecule has 17 heavy (non-hydrogen) atoms. The van der Waals surface area contributed by atoms with Crippen LogP contribution in [0.3, 0.4) is 0 Å². The minimum absolute atomic E-state index is 0.370. The summed E-state index contributed by atoms with van der Waals surface area (Å²) in [6.07, 6.45) is 4.99. The first kappa shape index (κ1) is 12.0. The fraction of sp³-hybridized carbons (Fsp3) is 0.500. The maximum Gasteiger partial charge on any atom is 0.248 e. The van der Waals surface area contributed by atoms with E-state index in [9.17, 15) is 4.79 Å². The van der Waals surface area contributed by atoms with Crippen LogP contribution in [0, 0.1) is 5.92 Å². The lowest BCUT2D eigenvalue weighted by molar-refractivity contribution is 0.100. The van der Waals surface area contributed by atoms with Gasteiger partial charge in [0.1, 0.15) is 0 Å². The first-order valence-electron chi connectivity index (χ1n) is 6.31. The van der Waals surface area contributed by atoms with E-state index in [-0.39, 0.29) is 5.91 Å². The van der Waals surface area contributed by atoms with Crippen LogP contribution in [0.15, 0.2) is 24.3 Å². The van der Waals surface area contributed by atoms with E-state index in [4.69, 9.17) is 5.73 Å². The molecule has 1 fully saturated rings. The summed E-state index contributed by atoms with van der Waals surface area (Å²) in [5.74, 6) is 0.482. The van der Waals surface area contributed by atoms with E-state index in [0.717, 1.165) is 11.6 Å². The molecule has 1 aromatic carbocycles. The molecule has 2 rings (SSSR count). The van der Waals surface area contributed by atoms with Gasteiger partial charge in [-0.1, -0.05) is 13.0 Å². The highest BCUT2D eigenvalue weighted by atomic mass is 16.1. The van der Waals surface area contributed by atoms with E-state index in [2.05, 4.69) is 12.2 Å². The Morgan fingerprint density at radius 3 is 2.65 bits per heavy atom. The number of benzene rings is 1. The third-order valence-corrected chi connectivity index (χ3v) is 3.53. The van der Waals surface area contributed by atoms with Crippen LogP contribution in [-0.2, 0) is 0 Å². The zero-order valence-corrected chi connectivity index (χ0v) is 10.3. The van der Waals surface area contributed by atoms with Gasteiger partial charge in [0, 0.05) is 17.3 Å². The van der Waals surface area contributed by atoms with E-state index in [1.165, 1.54) is 25.7 Å². The molecule has 1 aromatic rings. The number of rotatable bonds is 3. The van der Waals surface area contributed by atoms with Crippen LogP contribution in [-0.4, -0.2) is 11.9 Å². The molecule has 0 unspecified atom stereocenters. The van der Waals surface area contributed by atoms with Crippen molar-refractivity contribution in [3.63, 3.8) is 0 Å². The number of primary amides is 1. The molecule has 1 aliphatic rings. The van der Waals surface area contributed by atoms with Crippen LogP contribution >= 0.6 is 0 Å². The number of nitrogens with one attached hydrogen (secondary N) is 1. The molecule has 0 spiro atoms. The molecule has 1 aliphatic carbocycles. The minimum Gasteiger partial charge on any atom is -0.382 e. The van der Waals surface area contributed by atoms with Crippen molar-refractivity contribution >= 4 is 11.6 Å². The van der Waals surface area contributed by atoms with Crippen molar-refractivity contribution in [1.29, 1.82) is 0 Å². The highest BCUT2D eigenvalue weighted by Crippen LogP contribution is 2.26. The quantitative estimate of drug-likeness (QED) is 0.842. The van der Waals surface area contributed by atoms with E-state index in [1.807, 2.05) is 18.2 Å². The normalized spacial score (nSPS) is 24.3. The Bertz CT molecular complexity index is 395. The molecule has 1 amide bonds. The average molecular weight is 232 g/mol. The van der Waals surface area contributed by atoms with E-state index < -0.39 is 0 Å². The Balaban J connectivity index is 1.98. The summed E-state index contributed by atoms with van der Waals surface area (Å²) in [6, 6.07) is 7.98. The number of carbonyl (C=O) groups excluding carboxylic acids is 1. The van der Waals surface area contributed by atoms with Crippen LogP contribution in [0.2, 0.25) is 0 Å². The van der Waals surface area contributed by atoms with Gasteiger partial charge in [-0.25, -0.2) is 0 Å².